The van der Waals surface area contributed by atoms with Crippen molar-refractivity contribution in [1.29, 1.82) is 0 Å². The number of hydrogen-bond donors (Lipinski definition) is 1. The fourth-order valence-electron chi connectivity index (χ4n) is 2.22. The molecule has 1 aromatic carbocycles. The number of nitrogens with one attached hydrogen (secondary N) is 1. The predicted octanol–water partition coefficient (Wildman–Crippen LogP) is 2.88. The highest BCUT2D eigenvalue weighted by Gasteiger charge is 2.13. The lowest BCUT2D eigenvalue weighted by Gasteiger charge is -2.11. The van der Waals surface area contributed by atoms with Gasteiger partial charge in [-0.05, 0) is 32.4 Å². The summed E-state index contributed by atoms with van der Waals surface area (Å²) in [5, 5.41) is 6.73. The molecule has 1 amide bonds. The molecule has 2 aromatic rings. The number of amides is 1. The van der Waals surface area contributed by atoms with Gasteiger partial charge >= 0.3 is 0 Å². The van der Waals surface area contributed by atoms with E-state index in [0.29, 0.717) is 30.0 Å². The topological polar surface area (TPSA) is 73.6 Å². The Balaban J connectivity index is 2.03. The molecular formula is C16H20N2O4. The lowest BCUT2D eigenvalue weighted by molar-refractivity contribution is -0.116. The maximum atomic E-state index is 12.1. The number of nitrogens with zero attached hydrogens (tertiary/aromatic N) is 1. The van der Waals surface area contributed by atoms with Gasteiger partial charge in [-0.2, -0.15) is 0 Å². The third-order valence-corrected chi connectivity index (χ3v) is 3.46. The van der Waals surface area contributed by atoms with Crippen LogP contribution in [0.2, 0.25) is 0 Å². The lowest BCUT2D eigenvalue weighted by Crippen LogP contribution is -2.13. The summed E-state index contributed by atoms with van der Waals surface area (Å²) in [5.41, 5.74) is 2.39. The standard InChI is InChI=1S/C16H20N2O4/c1-10-13(11(2)22-18-10)6-8-16(19)17-14-9-12(20-3)5-7-15(14)21-4/h5,7,9H,6,8H2,1-4H3,(H,17,19). The number of aryl methyl sites for hydroxylation is 2. The van der Waals surface area contributed by atoms with Gasteiger partial charge in [0.2, 0.25) is 5.91 Å². The minimum Gasteiger partial charge on any atom is -0.497 e. The molecule has 0 aliphatic carbocycles. The third-order valence-electron chi connectivity index (χ3n) is 3.46. The van der Waals surface area contributed by atoms with Gasteiger partial charge in [-0.25, -0.2) is 0 Å². The monoisotopic (exact) mass is 304 g/mol. The molecule has 22 heavy (non-hydrogen) atoms. The van der Waals surface area contributed by atoms with Crippen LogP contribution in [-0.2, 0) is 11.2 Å². The van der Waals surface area contributed by atoms with Crippen molar-refractivity contribution in [3.63, 3.8) is 0 Å². The Labute approximate surface area is 129 Å². The zero-order chi connectivity index (χ0) is 16.1. The average Bonchev–Trinajstić information content (AvgIpc) is 2.83. The molecule has 0 unspecified atom stereocenters. The SMILES string of the molecule is COc1ccc(OC)c(NC(=O)CCc2c(C)noc2C)c1. The molecule has 0 saturated carbocycles. The summed E-state index contributed by atoms with van der Waals surface area (Å²) in [6, 6.07) is 5.26. The minimum atomic E-state index is -0.105. The molecule has 6 nitrogen and oxygen atoms in total. The zero-order valence-corrected chi connectivity index (χ0v) is 13.2. The van der Waals surface area contributed by atoms with Gasteiger partial charge in [-0.3, -0.25) is 4.79 Å². The number of ether oxygens (including phenoxy) is 2. The van der Waals surface area contributed by atoms with E-state index < -0.39 is 0 Å². The minimum absolute atomic E-state index is 0.105. The molecule has 0 radical (unpaired) electrons. The quantitative estimate of drug-likeness (QED) is 0.888. The van der Waals surface area contributed by atoms with Crippen molar-refractivity contribution in [2.45, 2.75) is 26.7 Å². The second-order valence-corrected chi connectivity index (χ2v) is 4.92. The summed E-state index contributed by atoms with van der Waals surface area (Å²) in [7, 11) is 3.13. The van der Waals surface area contributed by atoms with E-state index in [1.807, 2.05) is 13.8 Å². The molecule has 0 saturated heterocycles. The van der Waals surface area contributed by atoms with Crippen molar-refractivity contribution >= 4 is 11.6 Å². The average molecular weight is 304 g/mol. The zero-order valence-electron chi connectivity index (χ0n) is 13.2. The summed E-state index contributed by atoms with van der Waals surface area (Å²) >= 11 is 0. The van der Waals surface area contributed by atoms with Gasteiger partial charge in [0.05, 0.1) is 25.6 Å². The highest BCUT2D eigenvalue weighted by molar-refractivity contribution is 5.92. The van der Waals surface area contributed by atoms with E-state index in [-0.39, 0.29) is 5.91 Å². The van der Waals surface area contributed by atoms with Crippen molar-refractivity contribution in [2.24, 2.45) is 0 Å². The Hall–Kier alpha value is -2.50. The van der Waals surface area contributed by atoms with Crippen LogP contribution in [-0.4, -0.2) is 25.3 Å². The fraction of sp³-hybridized carbons (Fsp3) is 0.375. The molecule has 6 heteroatoms. The van der Waals surface area contributed by atoms with Crippen LogP contribution in [0.15, 0.2) is 22.7 Å². The molecule has 0 spiro atoms. The Bertz CT molecular complexity index is 645. The summed E-state index contributed by atoms with van der Waals surface area (Å²) < 4.78 is 15.5. The van der Waals surface area contributed by atoms with Crippen molar-refractivity contribution < 1.29 is 18.8 Å². The van der Waals surface area contributed by atoms with Crippen LogP contribution >= 0.6 is 0 Å². The highest BCUT2D eigenvalue weighted by Crippen LogP contribution is 2.29. The molecule has 0 bridgehead atoms. The molecule has 2 rings (SSSR count). The van der Waals surface area contributed by atoms with E-state index in [9.17, 15) is 4.79 Å². The van der Waals surface area contributed by atoms with Gasteiger partial charge in [0.25, 0.3) is 0 Å². The second kappa shape index (κ2) is 6.98. The van der Waals surface area contributed by atoms with E-state index >= 15 is 0 Å². The first kappa shape index (κ1) is 15.9. The lowest BCUT2D eigenvalue weighted by atomic mass is 10.1. The number of anilines is 1. The maximum absolute atomic E-state index is 12.1. The normalized spacial score (nSPS) is 10.4. The van der Waals surface area contributed by atoms with Crippen LogP contribution in [0.1, 0.15) is 23.4 Å². The van der Waals surface area contributed by atoms with E-state index in [2.05, 4.69) is 10.5 Å². The molecular weight excluding hydrogens is 284 g/mol. The van der Waals surface area contributed by atoms with E-state index in [4.69, 9.17) is 14.0 Å². The number of aromatic nitrogens is 1. The van der Waals surface area contributed by atoms with Crippen LogP contribution in [0.3, 0.4) is 0 Å². The Kier molecular flexibility index (Phi) is 5.04. The smallest absolute Gasteiger partial charge is 0.224 e. The first-order chi connectivity index (χ1) is 10.5. The van der Waals surface area contributed by atoms with E-state index in [0.717, 1.165) is 17.0 Å². The third kappa shape index (κ3) is 3.58. The number of carbonyl (C=O) groups is 1. The molecule has 0 aliphatic heterocycles. The number of benzene rings is 1. The Morgan fingerprint density at radius 3 is 2.64 bits per heavy atom. The summed E-state index contributed by atoms with van der Waals surface area (Å²) in [6.45, 7) is 3.72. The van der Waals surface area contributed by atoms with E-state index in [1.165, 1.54) is 0 Å². The van der Waals surface area contributed by atoms with E-state index in [1.54, 1.807) is 32.4 Å². The number of rotatable bonds is 6. The largest absolute Gasteiger partial charge is 0.497 e. The summed E-state index contributed by atoms with van der Waals surface area (Å²) in [6.07, 6.45) is 0.919. The van der Waals surface area contributed by atoms with Crippen molar-refractivity contribution in [3.05, 3.63) is 35.2 Å². The van der Waals surface area contributed by atoms with Gasteiger partial charge in [0.15, 0.2) is 0 Å². The van der Waals surface area contributed by atoms with Crippen molar-refractivity contribution in [1.82, 2.24) is 5.16 Å². The van der Waals surface area contributed by atoms with Crippen LogP contribution < -0.4 is 14.8 Å². The van der Waals surface area contributed by atoms with Gasteiger partial charge in [-0.1, -0.05) is 5.16 Å². The maximum Gasteiger partial charge on any atom is 0.224 e. The second-order valence-electron chi connectivity index (χ2n) is 4.92. The molecule has 0 aliphatic rings. The van der Waals surface area contributed by atoms with Gasteiger partial charge in [0.1, 0.15) is 17.3 Å². The molecule has 1 heterocycles. The van der Waals surface area contributed by atoms with Crippen LogP contribution in [0, 0.1) is 13.8 Å². The molecule has 0 atom stereocenters. The van der Waals surface area contributed by atoms with Crippen molar-refractivity contribution in [2.75, 3.05) is 19.5 Å². The van der Waals surface area contributed by atoms with Gasteiger partial charge in [0, 0.05) is 18.1 Å². The molecule has 1 N–H and O–H groups in total. The first-order valence-electron chi connectivity index (χ1n) is 6.98. The summed E-state index contributed by atoms with van der Waals surface area (Å²) in [5.74, 6) is 1.89. The Morgan fingerprint density at radius 2 is 2.05 bits per heavy atom. The number of methoxy groups -OCH3 is 2. The Morgan fingerprint density at radius 1 is 1.27 bits per heavy atom. The van der Waals surface area contributed by atoms with Crippen LogP contribution in [0.5, 0.6) is 11.5 Å². The number of hydrogen-bond acceptors (Lipinski definition) is 5. The van der Waals surface area contributed by atoms with Gasteiger partial charge < -0.3 is 19.3 Å². The first-order valence-corrected chi connectivity index (χ1v) is 6.98. The number of carbonyl (C=O) groups excluding carboxylic acids is 1. The van der Waals surface area contributed by atoms with Crippen LogP contribution in [0.25, 0.3) is 0 Å². The van der Waals surface area contributed by atoms with Gasteiger partial charge in [-0.15, -0.1) is 0 Å². The summed E-state index contributed by atoms with van der Waals surface area (Å²) in [4.78, 5) is 12.1. The van der Waals surface area contributed by atoms with Crippen LogP contribution in [0.4, 0.5) is 5.69 Å². The fourth-order valence-corrected chi connectivity index (χ4v) is 2.22. The molecule has 0 fully saturated rings. The highest BCUT2D eigenvalue weighted by atomic mass is 16.5. The molecule has 118 valence electrons. The molecule has 1 aromatic heterocycles. The predicted molar refractivity (Wildman–Crippen MR) is 82.5 cm³/mol. The van der Waals surface area contributed by atoms with Crippen molar-refractivity contribution in [3.8, 4) is 11.5 Å².